The molecule has 2 heterocycles. The van der Waals surface area contributed by atoms with E-state index in [0.29, 0.717) is 23.5 Å². The second-order valence-corrected chi connectivity index (χ2v) is 8.90. The van der Waals surface area contributed by atoms with Crippen LogP contribution in [0.4, 0.5) is 5.82 Å². The van der Waals surface area contributed by atoms with Crippen LogP contribution in [0.3, 0.4) is 0 Å². The Labute approximate surface area is 179 Å². The average molecular weight is 404 g/mol. The van der Waals surface area contributed by atoms with Crippen LogP contribution in [0.5, 0.6) is 0 Å². The van der Waals surface area contributed by atoms with Gasteiger partial charge in [-0.15, -0.1) is 0 Å². The SMILES string of the molecule is CC(=N)C=CC(=N)c1cc2cc(C)ccc2nc1N1CCC(NC2CCCC2)CC1. The molecule has 0 amide bonds. The highest BCUT2D eigenvalue weighted by Gasteiger charge is 2.26. The second kappa shape index (κ2) is 9.09. The minimum Gasteiger partial charge on any atom is -0.356 e. The maximum atomic E-state index is 8.64. The predicted molar refractivity (Wildman–Crippen MR) is 126 cm³/mol. The fourth-order valence-electron chi connectivity index (χ4n) is 4.71. The molecule has 158 valence electrons. The highest BCUT2D eigenvalue weighted by Crippen LogP contribution is 2.28. The van der Waals surface area contributed by atoms with E-state index in [9.17, 15) is 0 Å². The summed E-state index contributed by atoms with van der Waals surface area (Å²) in [5.41, 5.74) is 3.89. The Morgan fingerprint density at radius 2 is 1.73 bits per heavy atom. The lowest BCUT2D eigenvalue weighted by atomic mass is 10.0. The van der Waals surface area contributed by atoms with E-state index < -0.39 is 0 Å². The molecule has 0 atom stereocenters. The van der Waals surface area contributed by atoms with Crippen molar-refractivity contribution in [1.29, 1.82) is 10.8 Å². The molecule has 1 aromatic carbocycles. The number of piperidine rings is 1. The normalized spacial score (nSPS) is 18.5. The molecule has 0 spiro atoms. The molecule has 1 saturated heterocycles. The number of aromatic nitrogens is 1. The van der Waals surface area contributed by atoms with Crippen LogP contribution >= 0.6 is 0 Å². The van der Waals surface area contributed by atoms with E-state index in [1.165, 1.54) is 31.2 Å². The number of fused-ring (bicyclic) bond motifs is 1. The van der Waals surface area contributed by atoms with Gasteiger partial charge in [0.2, 0.25) is 0 Å². The van der Waals surface area contributed by atoms with Crippen molar-refractivity contribution in [2.24, 2.45) is 0 Å². The predicted octanol–water partition coefficient (Wildman–Crippen LogP) is 5.01. The molecule has 0 unspecified atom stereocenters. The Morgan fingerprint density at radius 1 is 1.03 bits per heavy atom. The van der Waals surface area contributed by atoms with Crippen LogP contribution in [0.1, 0.15) is 56.6 Å². The largest absolute Gasteiger partial charge is 0.356 e. The zero-order valence-corrected chi connectivity index (χ0v) is 18.2. The zero-order chi connectivity index (χ0) is 21.1. The van der Waals surface area contributed by atoms with Gasteiger partial charge in [0, 0.05) is 41.8 Å². The Balaban J connectivity index is 1.58. The average Bonchev–Trinajstić information content (AvgIpc) is 3.24. The number of hydrogen-bond acceptors (Lipinski definition) is 5. The first-order valence-electron chi connectivity index (χ1n) is 11.2. The van der Waals surface area contributed by atoms with Crippen molar-refractivity contribution < 1.29 is 0 Å². The molecule has 1 saturated carbocycles. The van der Waals surface area contributed by atoms with Crippen molar-refractivity contribution in [1.82, 2.24) is 10.3 Å². The summed E-state index contributed by atoms with van der Waals surface area (Å²) in [5, 5.41) is 21.2. The summed E-state index contributed by atoms with van der Waals surface area (Å²) in [6, 6.07) is 9.71. The van der Waals surface area contributed by atoms with E-state index in [0.717, 1.165) is 48.2 Å². The topological polar surface area (TPSA) is 75.9 Å². The first-order chi connectivity index (χ1) is 14.5. The van der Waals surface area contributed by atoms with E-state index in [4.69, 9.17) is 15.8 Å². The van der Waals surface area contributed by atoms with Gasteiger partial charge in [-0.05, 0) is 69.9 Å². The van der Waals surface area contributed by atoms with E-state index >= 15 is 0 Å². The lowest BCUT2D eigenvalue weighted by Crippen LogP contribution is -2.46. The molecule has 2 fully saturated rings. The first-order valence-corrected chi connectivity index (χ1v) is 11.2. The van der Waals surface area contributed by atoms with Gasteiger partial charge in [-0.25, -0.2) is 4.98 Å². The Bertz CT molecular complexity index is 963. The molecule has 2 aromatic rings. The van der Waals surface area contributed by atoms with Crippen LogP contribution in [0.15, 0.2) is 36.4 Å². The van der Waals surface area contributed by atoms with Gasteiger partial charge in [0.15, 0.2) is 0 Å². The summed E-state index contributed by atoms with van der Waals surface area (Å²) < 4.78 is 0. The van der Waals surface area contributed by atoms with E-state index in [2.05, 4.69) is 41.4 Å². The number of hydrogen-bond donors (Lipinski definition) is 3. The number of benzene rings is 1. The standard InChI is InChI=1S/C25H33N5/c1-17-7-10-24-19(15-17)16-22(23(27)9-8-18(2)26)25(29-24)30-13-11-21(12-14-30)28-20-5-3-4-6-20/h7-10,15-16,20-21,26-28H,3-6,11-14H2,1-2H3. The Hall–Kier alpha value is -2.53. The van der Waals surface area contributed by atoms with Crippen molar-refractivity contribution >= 4 is 28.1 Å². The molecule has 3 N–H and O–H groups in total. The Kier molecular flexibility index (Phi) is 6.28. The molecule has 30 heavy (non-hydrogen) atoms. The molecule has 5 nitrogen and oxygen atoms in total. The molecule has 1 aliphatic carbocycles. The van der Waals surface area contributed by atoms with Gasteiger partial charge in [0.1, 0.15) is 5.82 Å². The highest BCUT2D eigenvalue weighted by molar-refractivity contribution is 6.13. The number of aryl methyl sites for hydroxylation is 1. The summed E-state index contributed by atoms with van der Waals surface area (Å²) in [5.74, 6) is 0.906. The third-order valence-electron chi connectivity index (χ3n) is 6.36. The molecule has 0 bridgehead atoms. The highest BCUT2D eigenvalue weighted by atomic mass is 15.2. The van der Waals surface area contributed by atoms with Crippen LogP contribution in [-0.2, 0) is 0 Å². The smallest absolute Gasteiger partial charge is 0.138 e. The van der Waals surface area contributed by atoms with Crippen molar-refractivity contribution in [3.8, 4) is 0 Å². The Morgan fingerprint density at radius 3 is 2.43 bits per heavy atom. The van der Waals surface area contributed by atoms with Crippen molar-refractivity contribution in [2.75, 3.05) is 18.0 Å². The second-order valence-electron chi connectivity index (χ2n) is 8.90. The molecule has 4 rings (SSSR count). The van der Waals surface area contributed by atoms with Crippen LogP contribution in [-0.4, -0.2) is 41.6 Å². The van der Waals surface area contributed by atoms with E-state index in [1.54, 1.807) is 19.1 Å². The molecule has 2 aliphatic rings. The fourth-order valence-corrected chi connectivity index (χ4v) is 4.71. The number of nitrogens with zero attached hydrogens (tertiary/aromatic N) is 2. The van der Waals surface area contributed by atoms with Crippen LogP contribution in [0.2, 0.25) is 0 Å². The first kappa shape index (κ1) is 20.7. The van der Waals surface area contributed by atoms with Crippen molar-refractivity contribution in [2.45, 2.75) is 64.5 Å². The fraction of sp³-hybridized carbons (Fsp3) is 0.480. The summed E-state index contributed by atoms with van der Waals surface area (Å²) in [4.78, 5) is 7.34. The molecule has 5 heteroatoms. The molecule has 0 radical (unpaired) electrons. The van der Waals surface area contributed by atoms with Gasteiger partial charge in [0.25, 0.3) is 0 Å². The van der Waals surface area contributed by atoms with Gasteiger partial charge in [-0.2, -0.15) is 0 Å². The third kappa shape index (κ3) is 4.78. The summed E-state index contributed by atoms with van der Waals surface area (Å²) >= 11 is 0. The summed E-state index contributed by atoms with van der Waals surface area (Å²) in [6.45, 7) is 5.73. The lowest BCUT2D eigenvalue weighted by molar-refractivity contribution is 0.367. The molecular formula is C25H33N5. The van der Waals surface area contributed by atoms with Crippen LogP contribution in [0, 0.1) is 17.7 Å². The minimum atomic E-state index is 0.415. The quantitative estimate of drug-likeness (QED) is 0.594. The van der Waals surface area contributed by atoms with E-state index in [1.807, 2.05) is 0 Å². The van der Waals surface area contributed by atoms with Gasteiger partial charge in [0.05, 0.1) is 11.2 Å². The van der Waals surface area contributed by atoms with Crippen molar-refractivity contribution in [3.05, 3.63) is 47.5 Å². The summed E-state index contributed by atoms with van der Waals surface area (Å²) in [7, 11) is 0. The van der Waals surface area contributed by atoms with Crippen LogP contribution in [0.25, 0.3) is 10.9 Å². The third-order valence-corrected chi connectivity index (χ3v) is 6.36. The number of allylic oxidation sites excluding steroid dienone is 2. The van der Waals surface area contributed by atoms with Gasteiger partial charge in [-0.1, -0.05) is 24.5 Å². The van der Waals surface area contributed by atoms with Crippen molar-refractivity contribution in [3.63, 3.8) is 0 Å². The number of rotatable bonds is 6. The minimum absolute atomic E-state index is 0.415. The van der Waals surface area contributed by atoms with Gasteiger partial charge < -0.3 is 21.0 Å². The summed E-state index contributed by atoms with van der Waals surface area (Å²) in [6.07, 6.45) is 11.0. The molecule has 1 aromatic heterocycles. The monoisotopic (exact) mass is 403 g/mol. The number of nitrogens with one attached hydrogen (secondary N) is 3. The van der Waals surface area contributed by atoms with E-state index in [-0.39, 0.29) is 0 Å². The molecular weight excluding hydrogens is 370 g/mol. The maximum Gasteiger partial charge on any atom is 0.138 e. The zero-order valence-electron chi connectivity index (χ0n) is 18.2. The van der Waals surface area contributed by atoms with Gasteiger partial charge >= 0.3 is 0 Å². The lowest BCUT2D eigenvalue weighted by Gasteiger charge is -2.35. The van der Waals surface area contributed by atoms with Gasteiger partial charge in [-0.3, -0.25) is 0 Å². The number of pyridine rings is 1. The maximum absolute atomic E-state index is 8.64. The van der Waals surface area contributed by atoms with Crippen LogP contribution < -0.4 is 10.2 Å². The molecule has 1 aliphatic heterocycles. The number of anilines is 1.